The standard InChI is InChI=1S/C15H9ClFN/c16-13-6-7-14(15(17)9-13)12(10-18)8-11-4-2-1-3-5-11/h1-9H/b12-8+. The van der Waals surface area contributed by atoms with Gasteiger partial charge in [-0.2, -0.15) is 5.26 Å². The first kappa shape index (κ1) is 12.3. The first-order chi connectivity index (χ1) is 8.70. The van der Waals surface area contributed by atoms with Crippen LogP contribution in [0.4, 0.5) is 4.39 Å². The summed E-state index contributed by atoms with van der Waals surface area (Å²) in [5.74, 6) is -0.494. The molecule has 3 heteroatoms. The summed E-state index contributed by atoms with van der Waals surface area (Å²) in [5.41, 5.74) is 1.38. The lowest BCUT2D eigenvalue weighted by molar-refractivity contribution is 0.624. The number of halogens is 2. The Kier molecular flexibility index (Phi) is 3.76. The quantitative estimate of drug-likeness (QED) is 0.572. The zero-order valence-electron chi connectivity index (χ0n) is 9.40. The zero-order chi connectivity index (χ0) is 13.0. The molecular weight excluding hydrogens is 249 g/mol. The molecule has 0 N–H and O–H groups in total. The van der Waals surface area contributed by atoms with Crippen LogP contribution >= 0.6 is 11.6 Å². The molecular formula is C15H9ClFN. The molecule has 0 amide bonds. The van der Waals surface area contributed by atoms with E-state index in [4.69, 9.17) is 16.9 Å². The van der Waals surface area contributed by atoms with Gasteiger partial charge in [-0.1, -0.05) is 41.9 Å². The summed E-state index contributed by atoms with van der Waals surface area (Å²) in [6.07, 6.45) is 1.65. The zero-order valence-corrected chi connectivity index (χ0v) is 10.2. The summed E-state index contributed by atoms with van der Waals surface area (Å²) < 4.78 is 13.7. The molecule has 18 heavy (non-hydrogen) atoms. The van der Waals surface area contributed by atoms with Crippen molar-refractivity contribution in [2.75, 3.05) is 0 Å². The Morgan fingerprint density at radius 2 is 1.89 bits per heavy atom. The fourth-order valence-electron chi connectivity index (χ4n) is 1.59. The van der Waals surface area contributed by atoms with Gasteiger partial charge in [-0.3, -0.25) is 0 Å². The smallest absolute Gasteiger partial charge is 0.133 e. The highest BCUT2D eigenvalue weighted by atomic mass is 35.5. The molecule has 0 unspecified atom stereocenters. The third kappa shape index (κ3) is 2.77. The molecule has 0 aliphatic heterocycles. The van der Waals surface area contributed by atoms with E-state index in [1.54, 1.807) is 12.1 Å². The van der Waals surface area contributed by atoms with Crippen LogP contribution in [-0.2, 0) is 0 Å². The second-order valence-electron chi connectivity index (χ2n) is 3.70. The van der Waals surface area contributed by atoms with Gasteiger partial charge in [0, 0.05) is 10.6 Å². The molecule has 88 valence electrons. The molecule has 2 aromatic rings. The van der Waals surface area contributed by atoms with Gasteiger partial charge in [-0.05, 0) is 29.8 Å². The Hall–Kier alpha value is -2.11. The molecule has 0 atom stereocenters. The van der Waals surface area contributed by atoms with Gasteiger partial charge in [-0.25, -0.2) is 4.39 Å². The minimum atomic E-state index is -0.494. The van der Waals surface area contributed by atoms with E-state index in [1.165, 1.54) is 12.1 Å². The van der Waals surface area contributed by atoms with Gasteiger partial charge in [0.15, 0.2) is 0 Å². The van der Waals surface area contributed by atoms with Crippen LogP contribution in [0.2, 0.25) is 5.02 Å². The number of hydrogen-bond donors (Lipinski definition) is 0. The molecule has 0 spiro atoms. The third-order valence-corrected chi connectivity index (χ3v) is 2.69. The van der Waals surface area contributed by atoms with E-state index >= 15 is 0 Å². The normalized spacial score (nSPS) is 11.1. The fourth-order valence-corrected chi connectivity index (χ4v) is 1.75. The van der Waals surface area contributed by atoms with Crippen LogP contribution in [0.1, 0.15) is 11.1 Å². The first-order valence-corrected chi connectivity index (χ1v) is 5.71. The van der Waals surface area contributed by atoms with Crippen LogP contribution in [0.5, 0.6) is 0 Å². The summed E-state index contributed by atoms with van der Waals surface area (Å²) in [4.78, 5) is 0. The lowest BCUT2D eigenvalue weighted by Gasteiger charge is -2.02. The summed E-state index contributed by atoms with van der Waals surface area (Å²) in [6.45, 7) is 0. The van der Waals surface area contributed by atoms with Crippen molar-refractivity contribution >= 4 is 23.3 Å². The fraction of sp³-hybridized carbons (Fsp3) is 0. The van der Waals surface area contributed by atoms with Gasteiger partial charge >= 0.3 is 0 Å². The molecule has 0 bridgehead atoms. The maximum absolute atomic E-state index is 13.7. The molecule has 0 radical (unpaired) electrons. The number of hydrogen-bond acceptors (Lipinski definition) is 1. The lowest BCUT2D eigenvalue weighted by Crippen LogP contribution is -1.88. The van der Waals surface area contributed by atoms with E-state index < -0.39 is 5.82 Å². The average molecular weight is 258 g/mol. The van der Waals surface area contributed by atoms with E-state index in [2.05, 4.69) is 0 Å². The lowest BCUT2D eigenvalue weighted by atomic mass is 10.0. The van der Waals surface area contributed by atoms with Gasteiger partial charge in [0.2, 0.25) is 0 Å². The summed E-state index contributed by atoms with van der Waals surface area (Å²) in [5, 5.41) is 9.43. The second-order valence-corrected chi connectivity index (χ2v) is 4.14. The summed E-state index contributed by atoms with van der Waals surface area (Å²) >= 11 is 5.68. The number of nitriles is 1. The molecule has 0 saturated heterocycles. The molecule has 1 nitrogen and oxygen atoms in total. The Labute approximate surface area is 110 Å². The maximum Gasteiger partial charge on any atom is 0.133 e. The van der Waals surface area contributed by atoms with Gasteiger partial charge in [0.1, 0.15) is 5.82 Å². The number of allylic oxidation sites excluding steroid dienone is 1. The molecule has 0 aliphatic rings. The molecule has 2 aromatic carbocycles. The van der Waals surface area contributed by atoms with E-state index in [0.29, 0.717) is 5.02 Å². The van der Waals surface area contributed by atoms with E-state index in [0.717, 1.165) is 5.56 Å². The predicted molar refractivity (Wildman–Crippen MR) is 71.3 cm³/mol. The average Bonchev–Trinajstić information content (AvgIpc) is 2.38. The Morgan fingerprint density at radius 1 is 1.17 bits per heavy atom. The van der Waals surface area contributed by atoms with Crippen molar-refractivity contribution in [1.29, 1.82) is 5.26 Å². The maximum atomic E-state index is 13.7. The van der Waals surface area contributed by atoms with Crippen molar-refractivity contribution in [3.63, 3.8) is 0 Å². The molecule has 0 fully saturated rings. The highest BCUT2D eigenvalue weighted by Gasteiger charge is 2.08. The third-order valence-electron chi connectivity index (χ3n) is 2.45. The molecule has 0 saturated carbocycles. The molecule has 0 aliphatic carbocycles. The van der Waals surface area contributed by atoms with Crippen LogP contribution < -0.4 is 0 Å². The Morgan fingerprint density at radius 3 is 2.50 bits per heavy atom. The van der Waals surface area contributed by atoms with Crippen molar-refractivity contribution in [3.8, 4) is 6.07 Å². The van der Waals surface area contributed by atoms with Crippen LogP contribution in [0.25, 0.3) is 11.6 Å². The van der Waals surface area contributed by atoms with Crippen molar-refractivity contribution in [1.82, 2.24) is 0 Å². The highest BCUT2D eigenvalue weighted by Crippen LogP contribution is 2.23. The summed E-state index contributed by atoms with van der Waals surface area (Å²) in [6, 6.07) is 15.6. The van der Waals surface area contributed by atoms with Gasteiger partial charge in [-0.15, -0.1) is 0 Å². The van der Waals surface area contributed by atoms with Gasteiger partial charge < -0.3 is 0 Å². The van der Waals surface area contributed by atoms with Crippen LogP contribution in [-0.4, -0.2) is 0 Å². The Balaban J connectivity index is 2.47. The van der Waals surface area contributed by atoms with Gasteiger partial charge in [0.25, 0.3) is 0 Å². The highest BCUT2D eigenvalue weighted by molar-refractivity contribution is 6.30. The van der Waals surface area contributed by atoms with Crippen molar-refractivity contribution in [2.24, 2.45) is 0 Å². The largest absolute Gasteiger partial charge is 0.206 e. The Bertz CT molecular complexity index is 627. The van der Waals surface area contributed by atoms with E-state index in [1.807, 2.05) is 36.4 Å². The predicted octanol–water partition coefficient (Wildman–Crippen LogP) is 4.54. The molecule has 0 aromatic heterocycles. The monoisotopic (exact) mass is 257 g/mol. The molecule has 2 rings (SSSR count). The topological polar surface area (TPSA) is 23.8 Å². The van der Waals surface area contributed by atoms with Crippen molar-refractivity contribution in [3.05, 3.63) is 70.5 Å². The van der Waals surface area contributed by atoms with Crippen LogP contribution in [0.3, 0.4) is 0 Å². The van der Waals surface area contributed by atoms with Crippen molar-refractivity contribution < 1.29 is 4.39 Å². The first-order valence-electron chi connectivity index (χ1n) is 5.33. The number of benzene rings is 2. The minimum Gasteiger partial charge on any atom is -0.206 e. The number of rotatable bonds is 2. The van der Waals surface area contributed by atoms with Gasteiger partial charge in [0.05, 0.1) is 11.6 Å². The minimum absolute atomic E-state index is 0.255. The summed E-state index contributed by atoms with van der Waals surface area (Å²) in [7, 11) is 0. The van der Waals surface area contributed by atoms with Crippen LogP contribution in [0.15, 0.2) is 48.5 Å². The number of nitrogens with zero attached hydrogens (tertiary/aromatic N) is 1. The van der Waals surface area contributed by atoms with E-state index in [9.17, 15) is 4.39 Å². The SMILES string of the molecule is N#C/C(=C\c1ccccc1)c1ccc(Cl)cc1F. The second kappa shape index (κ2) is 5.48. The van der Waals surface area contributed by atoms with Crippen molar-refractivity contribution in [2.45, 2.75) is 0 Å². The van der Waals surface area contributed by atoms with Crippen LogP contribution in [0, 0.1) is 17.1 Å². The van der Waals surface area contributed by atoms with E-state index in [-0.39, 0.29) is 11.1 Å². The molecule has 0 heterocycles.